The van der Waals surface area contributed by atoms with Crippen LogP contribution in [0.15, 0.2) is 48.5 Å². The number of aryl methyl sites for hydroxylation is 1. The monoisotopic (exact) mass is 253 g/mol. The molecular formula is C16H12FNO. The summed E-state index contributed by atoms with van der Waals surface area (Å²) in [5.74, 6) is -1.54. The molecule has 0 spiro atoms. The minimum atomic E-state index is -0.901. The van der Waals surface area contributed by atoms with Crippen molar-refractivity contribution in [3.05, 3.63) is 71.0 Å². The van der Waals surface area contributed by atoms with Gasteiger partial charge in [0.2, 0.25) is 0 Å². The Morgan fingerprint density at radius 3 is 2.37 bits per heavy atom. The summed E-state index contributed by atoms with van der Waals surface area (Å²) in [7, 11) is 0. The third kappa shape index (κ3) is 2.69. The Hall–Kier alpha value is -2.47. The fraction of sp³-hybridized carbons (Fsp3) is 0.125. The molecule has 19 heavy (non-hydrogen) atoms. The van der Waals surface area contributed by atoms with Crippen molar-refractivity contribution in [3.8, 4) is 6.07 Å². The second kappa shape index (κ2) is 5.45. The normalized spacial score (nSPS) is 11.6. The van der Waals surface area contributed by atoms with Gasteiger partial charge in [-0.15, -0.1) is 0 Å². The van der Waals surface area contributed by atoms with E-state index in [0.29, 0.717) is 11.1 Å². The van der Waals surface area contributed by atoms with Gasteiger partial charge in [-0.05, 0) is 30.2 Å². The molecule has 0 bridgehead atoms. The zero-order valence-corrected chi connectivity index (χ0v) is 10.4. The lowest BCUT2D eigenvalue weighted by Gasteiger charge is -2.10. The molecule has 0 heterocycles. The molecule has 0 aliphatic heterocycles. The number of nitriles is 1. The van der Waals surface area contributed by atoms with E-state index in [9.17, 15) is 14.4 Å². The second-order valence-electron chi connectivity index (χ2n) is 4.29. The van der Waals surface area contributed by atoms with E-state index in [0.717, 1.165) is 5.56 Å². The van der Waals surface area contributed by atoms with Crippen molar-refractivity contribution in [1.29, 1.82) is 5.26 Å². The Morgan fingerprint density at radius 2 is 1.79 bits per heavy atom. The predicted octanol–water partition coefficient (Wildman–Crippen LogP) is 3.62. The van der Waals surface area contributed by atoms with Gasteiger partial charge in [0.15, 0.2) is 5.78 Å². The summed E-state index contributed by atoms with van der Waals surface area (Å²) >= 11 is 0. The largest absolute Gasteiger partial charge is 0.292 e. The Bertz CT molecular complexity index is 641. The number of nitrogens with zero attached hydrogens (tertiary/aromatic N) is 1. The third-order valence-corrected chi connectivity index (χ3v) is 3.01. The quantitative estimate of drug-likeness (QED) is 0.784. The molecule has 2 nitrogen and oxygen atoms in total. The molecule has 94 valence electrons. The van der Waals surface area contributed by atoms with E-state index in [-0.39, 0.29) is 11.6 Å². The van der Waals surface area contributed by atoms with E-state index >= 15 is 0 Å². The zero-order valence-electron chi connectivity index (χ0n) is 10.4. The molecule has 0 radical (unpaired) electrons. The van der Waals surface area contributed by atoms with Crippen LogP contribution in [0.25, 0.3) is 0 Å². The molecule has 2 aromatic carbocycles. The van der Waals surface area contributed by atoms with E-state index in [1.54, 1.807) is 12.1 Å². The number of rotatable bonds is 3. The highest BCUT2D eigenvalue weighted by Crippen LogP contribution is 2.22. The lowest BCUT2D eigenvalue weighted by atomic mass is 9.90. The van der Waals surface area contributed by atoms with Crippen LogP contribution >= 0.6 is 0 Å². The third-order valence-electron chi connectivity index (χ3n) is 3.01. The van der Waals surface area contributed by atoms with Gasteiger partial charge in [0.05, 0.1) is 6.07 Å². The number of Topliss-reactive ketones (excluding diaryl/α,β-unsaturated/α-hetero) is 1. The maximum Gasteiger partial charge on any atom is 0.184 e. The molecule has 2 aromatic rings. The highest BCUT2D eigenvalue weighted by atomic mass is 19.1. The van der Waals surface area contributed by atoms with Crippen molar-refractivity contribution in [2.24, 2.45) is 0 Å². The Morgan fingerprint density at radius 1 is 1.16 bits per heavy atom. The summed E-state index contributed by atoms with van der Waals surface area (Å²) in [4.78, 5) is 12.4. The highest BCUT2D eigenvalue weighted by Gasteiger charge is 2.22. The van der Waals surface area contributed by atoms with Gasteiger partial charge in [0.1, 0.15) is 11.7 Å². The van der Waals surface area contributed by atoms with Crippen molar-refractivity contribution in [2.75, 3.05) is 0 Å². The van der Waals surface area contributed by atoms with Gasteiger partial charge < -0.3 is 0 Å². The van der Waals surface area contributed by atoms with Crippen LogP contribution in [0.1, 0.15) is 27.4 Å². The number of benzene rings is 2. The molecule has 0 aliphatic rings. The molecule has 0 N–H and O–H groups in total. The van der Waals surface area contributed by atoms with Gasteiger partial charge >= 0.3 is 0 Å². The summed E-state index contributed by atoms with van der Waals surface area (Å²) in [6.45, 7) is 1.83. The first-order chi connectivity index (χ1) is 9.13. The summed E-state index contributed by atoms with van der Waals surface area (Å²) in [5.41, 5.74) is 1.87. The average molecular weight is 253 g/mol. The van der Waals surface area contributed by atoms with E-state index in [2.05, 4.69) is 0 Å². The summed E-state index contributed by atoms with van der Waals surface area (Å²) in [5, 5.41) is 9.21. The molecule has 0 saturated carbocycles. The fourth-order valence-electron chi connectivity index (χ4n) is 1.94. The van der Waals surface area contributed by atoms with E-state index in [1.165, 1.54) is 24.3 Å². The standard InChI is InChI=1S/C16H12FNO/c1-11-4-2-3-5-14(11)16(19)15(10-18)12-6-8-13(17)9-7-12/h2-9,15H,1H3. The Balaban J connectivity index is 2.38. The molecule has 1 unspecified atom stereocenters. The topological polar surface area (TPSA) is 40.9 Å². The Labute approximate surface area is 111 Å². The fourth-order valence-corrected chi connectivity index (χ4v) is 1.94. The van der Waals surface area contributed by atoms with Crippen LogP contribution in [0.3, 0.4) is 0 Å². The van der Waals surface area contributed by atoms with Crippen LogP contribution in [0, 0.1) is 24.1 Å². The summed E-state index contributed by atoms with van der Waals surface area (Å²) in [6.07, 6.45) is 0. The molecule has 1 atom stereocenters. The predicted molar refractivity (Wildman–Crippen MR) is 70.3 cm³/mol. The van der Waals surface area contributed by atoms with Gasteiger partial charge in [0.25, 0.3) is 0 Å². The molecular weight excluding hydrogens is 241 g/mol. The van der Waals surface area contributed by atoms with Crippen LogP contribution in [0.5, 0.6) is 0 Å². The first kappa shape index (κ1) is 13.0. The lowest BCUT2D eigenvalue weighted by molar-refractivity contribution is 0.0978. The summed E-state index contributed by atoms with van der Waals surface area (Å²) in [6, 6.07) is 14.6. The van der Waals surface area contributed by atoms with Crippen molar-refractivity contribution >= 4 is 5.78 Å². The number of carbonyl (C=O) groups is 1. The van der Waals surface area contributed by atoms with Crippen molar-refractivity contribution in [2.45, 2.75) is 12.8 Å². The Kier molecular flexibility index (Phi) is 3.72. The van der Waals surface area contributed by atoms with Crippen LogP contribution in [0.4, 0.5) is 4.39 Å². The van der Waals surface area contributed by atoms with E-state index in [1.807, 2.05) is 25.1 Å². The first-order valence-electron chi connectivity index (χ1n) is 5.88. The molecule has 0 aromatic heterocycles. The maximum absolute atomic E-state index is 12.9. The molecule has 0 saturated heterocycles. The minimum absolute atomic E-state index is 0.257. The van der Waals surface area contributed by atoms with Gasteiger partial charge in [-0.2, -0.15) is 5.26 Å². The maximum atomic E-state index is 12.9. The van der Waals surface area contributed by atoms with Crippen molar-refractivity contribution in [1.82, 2.24) is 0 Å². The average Bonchev–Trinajstić information content (AvgIpc) is 2.42. The van der Waals surface area contributed by atoms with Gasteiger partial charge in [-0.1, -0.05) is 36.4 Å². The van der Waals surface area contributed by atoms with E-state index < -0.39 is 5.92 Å². The highest BCUT2D eigenvalue weighted by molar-refractivity contribution is 6.03. The number of carbonyl (C=O) groups excluding carboxylic acids is 1. The molecule has 3 heteroatoms. The number of halogens is 1. The minimum Gasteiger partial charge on any atom is -0.292 e. The van der Waals surface area contributed by atoms with Crippen LogP contribution in [0.2, 0.25) is 0 Å². The molecule has 0 amide bonds. The first-order valence-corrected chi connectivity index (χ1v) is 5.88. The van der Waals surface area contributed by atoms with Gasteiger partial charge in [-0.25, -0.2) is 4.39 Å². The van der Waals surface area contributed by atoms with Gasteiger partial charge in [0, 0.05) is 5.56 Å². The van der Waals surface area contributed by atoms with E-state index in [4.69, 9.17) is 0 Å². The van der Waals surface area contributed by atoms with Crippen molar-refractivity contribution in [3.63, 3.8) is 0 Å². The smallest absolute Gasteiger partial charge is 0.184 e. The summed E-state index contributed by atoms with van der Waals surface area (Å²) < 4.78 is 12.9. The molecule has 0 fully saturated rings. The number of hydrogen-bond donors (Lipinski definition) is 0. The van der Waals surface area contributed by atoms with Crippen molar-refractivity contribution < 1.29 is 9.18 Å². The van der Waals surface area contributed by atoms with Crippen LogP contribution < -0.4 is 0 Å². The van der Waals surface area contributed by atoms with Crippen LogP contribution in [-0.4, -0.2) is 5.78 Å². The van der Waals surface area contributed by atoms with Crippen LogP contribution in [-0.2, 0) is 0 Å². The number of ketones is 1. The second-order valence-corrected chi connectivity index (χ2v) is 4.29. The SMILES string of the molecule is Cc1ccccc1C(=O)C(C#N)c1ccc(F)cc1. The molecule has 2 rings (SSSR count). The lowest BCUT2D eigenvalue weighted by Crippen LogP contribution is -2.12. The number of hydrogen-bond acceptors (Lipinski definition) is 2. The zero-order chi connectivity index (χ0) is 13.8. The molecule has 0 aliphatic carbocycles. The van der Waals surface area contributed by atoms with Gasteiger partial charge in [-0.3, -0.25) is 4.79 Å².